The van der Waals surface area contributed by atoms with Gasteiger partial charge in [-0.1, -0.05) is 30.3 Å². The van der Waals surface area contributed by atoms with Crippen LogP contribution in [0.4, 0.5) is 5.82 Å². The van der Waals surface area contributed by atoms with E-state index in [1.807, 2.05) is 48.5 Å². The number of anilines is 1. The first-order chi connectivity index (χ1) is 15.2. The third-order valence-electron chi connectivity index (χ3n) is 4.81. The number of carbonyl (C=O) groups excluding carboxylic acids is 1. The number of nitrogens with one attached hydrogen (secondary N) is 2. The molecule has 154 valence electrons. The maximum Gasteiger partial charge on any atom is 0.251 e. The van der Waals surface area contributed by atoms with Crippen LogP contribution in [0.2, 0.25) is 0 Å². The van der Waals surface area contributed by atoms with Gasteiger partial charge in [-0.25, -0.2) is 9.97 Å². The molecule has 4 aromatic rings. The van der Waals surface area contributed by atoms with E-state index >= 15 is 0 Å². The van der Waals surface area contributed by atoms with Crippen molar-refractivity contribution >= 4 is 11.7 Å². The predicted octanol–water partition coefficient (Wildman–Crippen LogP) is 3.69. The van der Waals surface area contributed by atoms with Crippen LogP contribution < -0.4 is 10.6 Å². The summed E-state index contributed by atoms with van der Waals surface area (Å²) in [6.45, 7) is 0. The largest absolute Gasteiger partial charge is 0.373 e. The Balaban J connectivity index is 1.72. The normalized spacial score (nSPS) is 11.5. The minimum atomic E-state index is -0.353. The molecule has 0 unspecified atom stereocenters. The van der Waals surface area contributed by atoms with Crippen LogP contribution in [0.5, 0.6) is 0 Å². The molecule has 0 aliphatic heterocycles. The zero-order valence-corrected chi connectivity index (χ0v) is 17.1. The van der Waals surface area contributed by atoms with E-state index in [1.54, 1.807) is 44.0 Å². The van der Waals surface area contributed by atoms with Crippen molar-refractivity contribution < 1.29 is 4.79 Å². The number of nitrogens with zero attached hydrogens (tertiary/aromatic N) is 4. The van der Waals surface area contributed by atoms with E-state index < -0.39 is 0 Å². The van der Waals surface area contributed by atoms with Crippen molar-refractivity contribution in [3.63, 3.8) is 0 Å². The molecule has 7 heteroatoms. The van der Waals surface area contributed by atoms with Gasteiger partial charge in [0.1, 0.15) is 5.82 Å². The Morgan fingerprint density at radius 2 is 1.74 bits per heavy atom. The molecule has 1 atom stereocenters. The van der Waals surface area contributed by atoms with E-state index in [9.17, 15) is 4.79 Å². The highest BCUT2D eigenvalue weighted by Gasteiger charge is 2.20. The molecule has 0 radical (unpaired) electrons. The van der Waals surface area contributed by atoms with E-state index in [4.69, 9.17) is 4.98 Å². The van der Waals surface area contributed by atoms with Gasteiger partial charge in [0.05, 0.1) is 11.7 Å². The van der Waals surface area contributed by atoms with Gasteiger partial charge < -0.3 is 10.6 Å². The van der Waals surface area contributed by atoms with Crippen LogP contribution in [0.3, 0.4) is 0 Å². The molecule has 3 heterocycles. The lowest BCUT2D eigenvalue weighted by Gasteiger charge is -2.20. The summed E-state index contributed by atoms with van der Waals surface area (Å²) in [6.07, 6.45) is 7.22. The molecule has 0 fully saturated rings. The van der Waals surface area contributed by atoms with Gasteiger partial charge in [-0.2, -0.15) is 0 Å². The second kappa shape index (κ2) is 9.58. The van der Waals surface area contributed by atoms with Crippen LogP contribution in [0, 0.1) is 0 Å². The van der Waals surface area contributed by atoms with Gasteiger partial charge in [-0.05, 0) is 36.2 Å². The van der Waals surface area contributed by atoms with Gasteiger partial charge in [-0.3, -0.25) is 14.8 Å². The van der Waals surface area contributed by atoms with Crippen molar-refractivity contribution in [1.29, 1.82) is 0 Å². The molecule has 4 rings (SSSR count). The molecule has 31 heavy (non-hydrogen) atoms. The summed E-state index contributed by atoms with van der Waals surface area (Å²) >= 11 is 0. The molecule has 1 amide bonds. The third kappa shape index (κ3) is 5.08. The van der Waals surface area contributed by atoms with Crippen molar-refractivity contribution in [2.24, 2.45) is 0 Å². The number of carbonyl (C=O) groups is 1. The first kappa shape index (κ1) is 20.2. The molecular formula is C24H22N6O. The van der Waals surface area contributed by atoms with E-state index in [-0.39, 0.29) is 11.9 Å². The van der Waals surface area contributed by atoms with E-state index in [0.29, 0.717) is 29.3 Å². The van der Waals surface area contributed by atoms with Crippen LogP contribution >= 0.6 is 0 Å². The molecular weight excluding hydrogens is 388 g/mol. The molecule has 0 saturated heterocycles. The first-order valence-corrected chi connectivity index (χ1v) is 9.95. The van der Waals surface area contributed by atoms with Crippen LogP contribution in [-0.4, -0.2) is 32.9 Å². The Labute approximate surface area is 180 Å². The van der Waals surface area contributed by atoms with Crippen LogP contribution in [0.25, 0.3) is 11.4 Å². The maximum absolute atomic E-state index is 12.9. The van der Waals surface area contributed by atoms with Crippen molar-refractivity contribution in [3.8, 4) is 11.4 Å². The number of hydrogen-bond acceptors (Lipinski definition) is 6. The molecule has 3 aromatic heterocycles. The van der Waals surface area contributed by atoms with Crippen molar-refractivity contribution in [3.05, 3.63) is 102 Å². The average molecular weight is 410 g/mol. The topological polar surface area (TPSA) is 92.7 Å². The highest BCUT2D eigenvalue weighted by molar-refractivity contribution is 5.94. The zero-order chi connectivity index (χ0) is 21.5. The number of aromatic nitrogens is 4. The second-order valence-corrected chi connectivity index (χ2v) is 6.95. The molecule has 7 nitrogen and oxygen atoms in total. The number of hydrogen-bond donors (Lipinski definition) is 2. The quantitative estimate of drug-likeness (QED) is 0.483. The highest BCUT2D eigenvalue weighted by Crippen LogP contribution is 2.23. The summed E-state index contributed by atoms with van der Waals surface area (Å²) in [4.78, 5) is 30.4. The summed E-state index contributed by atoms with van der Waals surface area (Å²) in [6, 6.07) is 18.6. The number of benzene rings is 1. The number of pyridine rings is 2. The van der Waals surface area contributed by atoms with Gasteiger partial charge in [0, 0.05) is 49.0 Å². The Hall–Kier alpha value is -4.13. The van der Waals surface area contributed by atoms with Gasteiger partial charge in [0.15, 0.2) is 5.82 Å². The molecule has 2 N–H and O–H groups in total. The fourth-order valence-electron chi connectivity index (χ4n) is 3.22. The van der Waals surface area contributed by atoms with E-state index in [0.717, 1.165) is 11.1 Å². The maximum atomic E-state index is 12.9. The summed E-state index contributed by atoms with van der Waals surface area (Å²) in [5.74, 6) is 1.03. The van der Waals surface area contributed by atoms with Crippen molar-refractivity contribution in [1.82, 2.24) is 25.3 Å². The smallest absolute Gasteiger partial charge is 0.251 e. The van der Waals surface area contributed by atoms with Crippen LogP contribution in [-0.2, 0) is 6.42 Å². The van der Waals surface area contributed by atoms with Gasteiger partial charge >= 0.3 is 0 Å². The molecule has 0 saturated carbocycles. The lowest BCUT2D eigenvalue weighted by atomic mass is 10.0. The molecule has 0 aliphatic rings. The number of rotatable bonds is 7. The fraction of sp³-hybridized carbons (Fsp3) is 0.125. The zero-order valence-electron chi connectivity index (χ0n) is 17.1. The minimum absolute atomic E-state index is 0.184. The Morgan fingerprint density at radius 1 is 0.935 bits per heavy atom. The monoisotopic (exact) mass is 410 g/mol. The summed E-state index contributed by atoms with van der Waals surface area (Å²) in [5, 5.41) is 6.22. The summed E-state index contributed by atoms with van der Waals surface area (Å²) in [5.41, 5.74) is 3.16. The summed E-state index contributed by atoms with van der Waals surface area (Å²) < 4.78 is 0. The molecule has 0 bridgehead atoms. The lowest BCUT2D eigenvalue weighted by Crippen LogP contribution is -2.31. The molecule has 0 aliphatic carbocycles. The first-order valence-electron chi connectivity index (χ1n) is 9.95. The van der Waals surface area contributed by atoms with Crippen LogP contribution in [0.15, 0.2) is 85.5 Å². The third-order valence-corrected chi connectivity index (χ3v) is 4.81. The van der Waals surface area contributed by atoms with Gasteiger partial charge in [0.25, 0.3) is 5.91 Å². The average Bonchev–Trinajstić information content (AvgIpc) is 2.85. The standard InChI is InChI=1S/C24H22N6O/c1-25-22-15-21(28-23(30-22)19-8-5-11-27-16-19)20(14-17-6-3-2-4-7-17)29-24(31)18-9-12-26-13-10-18/h2-13,15-16,20H,14H2,1H3,(H,29,31)(H,25,28,30)/t20-/m1/s1. The van der Waals surface area contributed by atoms with E-state index in [2.05, 4.69) is 25.6 Å². The number of amides is 1. The predicted molar refractivity (Wildman–Crippen MR) is 119 cm³/mol. The van der Waals surface area contributed by atoms with Crippen molar-refractivity contribution in [2.45, 2.75) is 12.5 Å². The SMILES string of the molecule is CNc1cc([C@@H](Cc2ccccc2)NC(=O)c2ccncc2)nc(-c2cccnc2)n1. The van der Waals surface area contributed by atoms with Crippen LogP contribution in [0.1, 0.15) is 27.7 Å². The Bertz CT molecular complexity index is 1140. The fourth-order valence-corrected chi connectivity index (χ4v) is 3.22. The molecule has 1 aromatic carbocycles. The Morgan fingerprint density at radius 3 is 2.45 bits per heavy atom. The van der Waals surface area contributed by atoms with Gasteiger partial charge in [0.2, 0.25) is 0 Å². The highest BCUT2D eigenvalue weighted by atomic mass is 16.1. The molecule has 0 spiro atoms. The summed E-state index contributed by atoms with van der Waals surface area (Å²) in [7, 11) is 1.81. The van der Waals surface area contributed by atoms with Crippen molar-refractivity contribution in [2.75, 3.05) is 12.4 Å². The van der Waals surface area contributed by atoms with E-state index in [1.165, 1.54) is 0 Å². The lowest BCUT2D eigenvalue weighted by molar-refractivity contribution is 0.0935. The minimum Gasteiger partial charge on any atom is -0.373 e. The van der Waals surface area contributed by atoms with Gasteiger partial charge in [-0.15, -0.1) is 0 Å². The second-order valence-electron chi connectivity index (χ2n) is 6.95. The Kier molecular flexibility index (Phi) is 6.23.